The summed E-state index contributed by atoms with van der Waals surface area (Å²) >= 11 is 0. The predicted molar refractivity (Wildman–Crippen MR) is 74.8 cm³/mol. The maximum Gasteiger partial charge on any atom is 0.0603 e. The number of nitrogens with zero attached hydrogens (tertiary/aromatic N) is 3. The Labute approximate surface area is 129 Å². The van der Waals surface area contributed by atoms with Gasteiger partial charge in [0.1, 0.15) is 0 Å². The molecule has 4 heteroatoms. The second kappa shape index (κ2) is 5.16. The normalized spacial score (nSPS) is 10.6. The predicted octanol–water partition coefficient (Wildman–Crippen LogP) is 3.35. The molecule has 0 aliphatic carbocycles. The van der Waals surface area contributed by atoms with E-state index in [1.807, 2.05) is 53.6 Å². The van der Waals surface area contributed by atoms with E-state index in [4.69, 9.17) is 0 Å². The van der Waals surface area contributed by atoms with Crippen LogP contribution in [0.2, 0.25) is 0 Å². The molecule has 20 heavy (non-hydrogen) atoms. The van der Waals surface area contributed by atoms with E-state index >= 15 is 0 Å². The summed E-state index contributed by atoms with van der Waals surface area (Å²) in [6.45, 7) is 0. The Morgan fingerprint density at radius 1 is 0.950 bits per heavy atom. The van der Waals surface area contributed by atoms with Crippen molar-refractivity contribution in [2.24, 2.45) is 0 Å². The summed E-state index contributed by atoms with van der Waals surface area (Å²) < 4.78 is 2.01. The van der Waals surface area contributed by atoms with Crippen molar-refractivity contribution in [2.45, 2.75) is 0 Å². The standard InChI is InChI=1S/C16H10N3.Ir/c1-2-13(12-4-7-17-8-5-12)14-6-10-19-11-9-18-16(19)15(14)3-1;/h1-2,4-11H;/q-1;. The maximum atomic E-state index is 4.40. The summed E-state index contributed by atoms with van der Waals surface area (Å²) in [7, 11) is 0. The first-order chi connectivity index (χ1) is 9.43. The molecule has 0 saturated carbocycles. The van der Waals surface area contributed by atoms with E-state index in [0.29, 0.717) is 0 Å². The maximum absolute atomic E-state index is 4.40. The van der Waals surface area contributed by atoms with Crippen molar-refractivity contribution in [3.63, 3.8) is 0 Å². The summed E-state index contributed by atoms with van der Waals surface area (Å²) in [6, 6.07) is 13.5. The zero-order valence-corrected chi connectivity index (χ0v) is 12.8. The van der Waals surface area contributed by atoms with Crippen LogP contribution >= 0.6 is 0 Å². The first-order valence-corrected chi connectivity index (χ1v) is 6.10. The van der Waals surface area contributed by atoms with E-state index in [-0.39, 0.29) is 20.1 Å². The summed E-state index contributed by atoms with van der Waals surface area (Å²) in [4.78, 5) is 8.47. The third-order valence-electron chi connectivity index (χ3n) is 3.32. The molecule has 99 valence electrons. The molecule has 3 heterocycles. The van der Waals surface area contributed by atoms with Crippen LogP contribution in [0.4, 0.5) is 0 Å². The number of rotatable bonds is 1. The van der Waals surface area contributed by atoms with E-state index in [0.717, 1.165) is 22.0 Å². The molecular formula is C16H10IrN3-. The molecule has 0 spiro atoms. The Balaban J connectivity index is 0.00000121. The van der Waals surface area contributed by atoms with E-state index < -0.39 is 0 Å². The first kappa shape index (κ1) is 13.0. The van der Waals surface area contributed by atoms with E-state index in [2.05, 4.69) is 28.2 Å². The molecule has 1 aromatic carbocycles. The molecule has 0 unspecified atom stereocenters. The quantitative estimate of drug-likeness (QED) is 0.429. The minimum atomic E-state index is 0. The Hall–Kier alpha value is -2.03. The van der Waals surface area contributed by atoms with Crippen LogP contribution in [-0.2, 0) is 20.1 Å². The fraction of sp³-hybridized carbons (Fsp3) is 0. The first-order valence-electron chi connectivity index (χ1n) is 6.10. The van der Waals surface area contributed by atoms with Gasteiger partial charge < -0.3 is 4.40 Å². The summed E-state index contributed by atoms with van der Waals surface area (Å²) in [6.07, 6.45) is 9.41. The molecule has 0 amide bonds. The van der Waals surface area contributed by atoms with Gasteiger partial charge in [0.15, 0.2) is 0 Å². The third-order valence-corrected chi connectivity index (χ3v) is 3.32. The molecule has 1 radical (unpaired) electrons. The zero-order valence-electron chi connectivity index (χ0n) is 10.4. The summed E-state index contributed by atoms with van der Waals surface area (Å²) in [5.41, 5.74) is 3.28. The minimum absolute atomic E-state index is 0. The number of aromatic nitrogens is 3. The van der Waals surface area contributed by atoms with Crippen molar-refractivity contribution in [3.05, 3.63) is 67.4 Å². The molecule has 0 fully saturated rings. The molecule has 3 aromatic heterocycles. The van der Waals surface area contributed by atoms with Crippen LogP contribution in [0, 0.1) is 6.07 Å². The van der Waals surface area contributed by atoms with Gasteiger partial charge in [0, 0.05) is 44.9 Å². The third kappa shape index (κ3) is 1.94. The number of benzene rings is 1. The fourth-order valence-corrected chi connectivity index (χ4v) is 2.43. The number of imidazole rings is 1. The summed E-state index contributed by atoms with van der Waals surface area (Å²) in [5, 5.41) is 2.20. The number of fused-ring (bicyclic) bond motifs is 3. The molecule has 0 aliphatic rings. The number of hydrogen-bond donors (Lipinski definition) is 0. The fourth-order valence-electron chi connectivity index (χ4n) is 2.43. The molecule has 4 rings (SSSR count). The Bertz CT molecular complexity index is 869. The molecule has 0 aliphatic heterocycles. The van der Waals surface area contributed by atoms with Crippen molar-refractivity contribution >= 4 is 16.4 Å². The van der Waals surface area contributed by atoms with Crippen LogP contribution < -0.4 is 0 Å². The van der Waals surface area contributed by atoms with E-state index in [1.54, 1.807) is 0 Å². The van der Waals surface area contributed by atoms with Crippen LogP contribution in [0.5, 0.6) is 0 Å². The van der Waals surface area contributed by atoms with Gasteiger partial charge >= 0.3 is 0 Å². The second-order valence-electron chi connectivity index (χ2n) is 4.39. The van der Waals surface area contributed by atoms with E-state index in [1.165, 1.54) is 5.56 Å². The Kier molecular flexibility index (Phi) is 3.35. The van der Waals surface area contributed by atoms with Crippen LogP contribution in [0.25, 0.3) is 27.5 Å². The minimum Gasteiger partial charge on any atom is -0.347 e. The van der Waals surface area contributed by atoms with Gasteiger partial charge in [0.05, 0.1) is 5.65 Å². The Morgan fingerprint density at radius 3 is 2.65 bits per heavy atom. The topological polar surface area (TPSA) is 30.2 Å². The average molecular weight is 436 g/mol. The number of pyridine rings is 2. The number of hydrogen-bond acceptors (Lipinski definition) is 2. The van der Waals surface area contributed by atoms with Crippen molar-refractivity contribution in [1.29, 1.82) is 0 Å². The van der Waals surface area contributed by atoms with Gasteiger partial charge in [0.25, 0.3) is 0 Å². The average Bonchev–Trinajstić information content (AvgIpc) is 2.96. The molecule has 0 bridgehead atoms. The van der Waals surface area contributed by atoms with Crippen LogP contribution in [0.15, 0.2) is 61.3 Å². The second-order valence-corrected chi connectivity index (χ2v) is 4.39. The van der Waals surface area contributed by atoms with Gasteiger partial charge in [0.2, 0.25) is 0 Å². The van der Waals surface area contributed by atoms with Gasteiger partial charge in [-0.25, -0.2) is 0 Å². The van der Waals surface area contributed by atoms with Crippen molar-refractivity contribution in [3.8, 4) is 11.1 Å². The van der Waals surface area contributed by atoms with Gasteiger partial charge in [-0.3, -0.25) is 9.97 Å². The SMILES string of the molecule is [Ir].[c-]1ccc(-c2ccncc2)c2ccn3ccnc3c12. The van der Waals surface area contributed by atoms with Gasteiger partial charge in [-0.2, -0.15) is 0 Å². The molecular weight excluding hydrogens is 426 g/mol. The van der Waals surface area contributed by atoms with Crippen molar-refractivity contribution in [1.82, 2.24) is 14.4 Å². The molecule has 0 N–H and O–H groups in total. The zero-order chi connectivity index (χ0) is 12.7. The van der Waals surface area contributed by atoms with Gasteiger partial charge in [-0.05, 0) is 23.9 Å². The van der Waals surface area contributed by atoms with Gasteiger partial charge in [-0.1, -0.05) is 17.0 Å². The van der Waals surface area contributed by atoms with E-state index in [9.17, 15) is 0 Å². The van der Waals surface area contributed by atoms with Crippen LogP contribution in [0.1, 0.15) is 0 Å². The molecule has 0 saturated heterocycles. The van der Waals surface area contributed by atoms with Gasteiger partial charge in [-0.15, -0.1) is 23.6 Å². The van der Waals surface area contributed by atoms with Crippen LogP contribution in [-0.4, -0.2) is 14.4 Å². The van der Waals surface area contributed by atoms with Crippen molar-refractivity contribution < 1.29 is 20.1 Å². The van der Waals surface area contributed by atoms with Crippen molar-refractivity contribution in [2.75, 3.05) is 0 Å². The molecule has 0 atom stereocenters. The molecule has 4 aromatic rings. The monoisotopic (exact) mass is 437 g/mol. The Morgan fingerprint density at radius 2 is 1.80 bits per heavy atom. The largest absolute Gasteiger partial charge is 0.347 e. The van der Waals surface area contributed by atoms with Crippen LogP contribution in [0.3, 0.4) is 0 Å². The smallest absolute Gasteiger partial charge is 0.0603 e. The molecule has 3 nitrogen and oxygen atoms in total. The summed E-state index contributed by atoms with van der Waals surface area (Å²) in [5.74, 6) is 0.